The summed E-state index contributed by atoms with van der Waals surface area (Å²) in [5.74, 6) is -0.237. The van der Waals surface area contributed by atoms with Gasteiger partial charge in [0.15, 0.2) is 5.69 Å². The number of rotatable bonds is 9. The quantitative estimate of drug-likeness (QED) is 0.701. The molecule has 0 bridgehead atoms. The number of carbonyl (C=O) groups excluding carboxylic acids is 1. The number of hydrogen-bond donors (Lipinski definition) is 1. The van der Waals surface area contributed by atoms with Crippen LogP contribution in [-0.4, -0.2) is 54.4 Å². The maximum absolute atomic E-state index is 11.9. The number of ether oxygens (including phenoxy) is 2. The summed E-state index contributed by atoms with van der Waals surface area (Å²) in [6, 6.07) is 9.44. The normalized spacial score (nSPS) is 10.6. The average molecular weight is 304 g/mol. The summed E-state index contributed by atoms with van der Waals surface area (Å²) in [5.41, 5.74) is 1.11. The fraction of sp³-hybridized carbons (Fsp3) is 0.400. The van der Waals surface area contributed by atoms with E-state index in [0.717, 1.165) is 12.1 Å². The van der Waals surface area contributed by atoms with Crippen molar-refractivity contribution in [3.05, 3.63) is 42.2 Å². The molecule has 1 amide bonds. The zero-order chi connectivity index (χ0) is 15.6. The summed E-state index contributed by atoms with van der Waals surface area (Å²) in [6.45, 7) is 2.26. The Bertz CT molecular complexity index is 571. The highest BCUT2D eigenvalue weighted by Gasteiger charge is 2.10. The van der Waals surface area contributed by atoms with Gasteiger partial charge in [0.2, 0.25) is 0 Å². The SMILES string of the molecule is COCCOCCCNC(=O)c1cnn(-c2ccccc2)n1. The topological polar surface area (TPSA) is 78.3 Å². The smallest absolute Gasteiger partial charge is 0.273 e. The first kappa shape index (κ1) is 16.1. The van der Waals surface area contributed by atoms with E-state index in [1.54, 1.807) is 7.11 Å². The summed E-state index contributed by atoms with van der Waals surface area (Å²) in [4.78, 5) is 13.4. The summed E-state index contributed by atoms with van der Waals surface area (Å²) >= 11 is 0. The molecule has 0 unspecified atom stereocenters. The summed E-state index contributed by atoms with van der Waals surface area (Å²) in [7, 11) is 1.63. The van der Waals surface area contributed by atoms with Crippen LogP contribution < -0.4 is 5.32 Å². The van der Waals surface area contributed by atoms with E-state index in [1.165, 1.54) is 11.0 Å². The molecule has 1 heterocycles. The number of nitrogens with one attached hydrogen (secondary N) is 1. The Morgan fingerprint density at radius 1 is 1.23 bits per heavy atom. The second-order valence-electron chi connectivity index (χ2n) is 4.57. The lowest BCUT2D eigenvalue weighted by molar-refractivity contribution is 0.0688. The van der Waals surface area contributed by atoms with Crippen LogP contribution in [0.5, 0.6) is 0 Å². The molecule has 118 valence electrons. The number of methoxy groups -OCH3 is 1. The van der Waals surface area contributed by atoms with Crippen molar-refractivity contribution in [1.29, 1.82) is 0 Å². The molecule has 0 saturated heterocycles. The van der Waals surface area contributed by atoms with E-state index in [-0.39, 0.29) is 5.91 Å². The number of amides is 1. The molecule has 1 N–H and O–H groups in total. The predicted octanol–water partition coefficient (Wildman–Crippen LogP) is 1.05. The molecule has 0 atom stereocenters. The highest BCUT2D eigenvalue weighted by Crippen LogP contribution is 2.04. The van der Waals surface area contributed by atoms with Gasteiger partial charge in [0.05, 0.1) is 25.1 Å². The second-order valence-corrected chi connectivity index (χ2v) is 4.57. The molecule has 0 aliphatic carbocycles. The van der Waals surface area contributed by atoms with Crippen LogP contribution >= 0.6 is 0 Å². The van der Waals surface area contributed by atoms with Crippen LogP contribution in [0.2, 0.25) is 0 Å². The molecule has 1 aromatic heterocycles. The van der Waals surface area contributed by atoms with E-state index in [9.17, 15) is 4.79 Å². The lowest BCUT2D eigenvalue weighted by Crippen LogP contribution is -2.26. The minimum absolute atomic E-state index is 0.237. The first-order valence-corrected chi connectivity index (χ1v) is 7.14. The van der Waals surface area contributed by atoms with Crippen LogP contribution in [0, 0.1) is 0 Å². The Labute approximate surface area is 129 Å². The Kier molecular flexibility index (Phi) is 6.53. The largest absolute Gasteiger partial charge is 0.382 e. The Morgan fingerprint density at radius 3 is 2.82 bits per heavy atom. The van der Waals surface area contributed by atoms with Crippen LogP contribution in [-0.2, 0) is 9.47 Å². The lowest BCUT2D eigenvalue weighted by atomic mass is 10.3. The fourth-order valence-electron chi connectivity index (χ4n) is 1.76. The van der Waals surface area contributed by atoms with Crippen LogP contribution in [0.3, 0.4) is 0 Å². The first-order chi connectivity index (χ1) is 10.8. The molecular formula is C15H20N4O3. The van der Waals surface area contributed by atoms with Crippen LogP contribution in [0.25, 0.3) is 5.69 Å². The van der Waals surface area contributed by atoms with Gasteiger partial charge in [-0.05, 0) is 18.6 Å². The number of benzene rings is 1. The van der Waals surface area contributed by atoms with Crippen molar-refractivity contribution in [2.75, 3.05) is 33.5 Å². The molecule has 7 heteroatoms. The molecule has 7 nitrogen and oxygen atoms in total. The molecular weight excluding hydrogens is 284 g/mol. The molecule has 0 fully saturated rings. The van der Waals surface area contributed by atoms with Crippen LogP contribution in [0.1, 0.15) is 16.9 Å². The third-order valence-corrected chi connectivity index (χ3v) is 2.89. The predicted molar refractivity (Wildman–Crippen MR) is 81.0 cm³/mol. The number of hydrogen-bond acceptors (Lipinski definition) is 5. The van der Waals surface area contributed by atoms with Gasteiger partial charge in [-0.25, -0.2) is 0 Å². The van der Waals surface area contributed by atoms with Crippen LogP contribution in [0.15, 0.2) is 36.5 Å². The van der Waals surface area contributed by atoms with Gasteiger partial charge in [0, 0.05) is 20.3 Å². The zero-order valence-electron chi connectivity index (χ0n) is 12.6. The van der Waals surface area contributed by atoms with Gasteiger partial charge in [0.1, 0.15) is 0 Å². The van der Waals surface area contributed by atoms with Crippen molar-refractivity contribution < 1.29 is 14.3 Å². The highest BCUT2D eigenvalue weighted by molar-refractivity contribution is 5.91. The van der Waals surface area contributed by atoms with Crippen molar-refractivity contribution in [3.8, 4) is 5.69 Å². The summed E-state index contributed by atoms with van der Waals surface area (Å²) in [5, 5.41) is 11.0. The van der Waals surface area contributed by atoms with E-state index >= 15 is 0 Å². The van der Waals surface area contributed by atoms with Gasteiger partial charge in [-0.1, -0.05) is 18.2 Å². The van der Waals surface area contributed by atoms with E-state index in [1.807, 2.05) is 30.3 Å². The van der Waals surface area contributed by atoms with E-state index in [0.29, 0.717) is 32.1 Å². The number of nitrogens with zero attached hydrogens (tertiary/aromatic N) is 3. The maximum atomic E-state index is 11.9. The molecule has 2 rings (SSSR count). The highest BCUT2D eigenvalue weighted by atomic mass is 16.5. The third-order valence-electron chi connectivity index (χ3n) is 2.89. The monoisotopic (exact) mass is 304 g/mol. The lowest BCUT2D eigenvalue weighted by Gasteiger charge is -2.04. The number of carbonyl (C=O) groups is 1. The van der Waals surface area contributed by atoms with Gasteiger partial charge in [-0.3, -0.25) is 4.79 Å². The second kappa shape index (κ2) is 8.91. The summed E-state index contributed by atoms with van der Waals surface area (Å²) < 4.78 is 10.2. The molecule has 2 aromatic rings. The maximum Gasteiger partial charge on any atom is 0.273 e. The standard InChI is InChI=1S/C15H20N4O3/c1-21-10-11-22-9-5-8-16-15(20)14-12-17-19(18-14)13-6-3-2-4-7-13/h2-4,6-7,12H,5,8-11H2,1H3,(H,16,20). The summed E-state index contributed by atoms with van der Waals surface area (Å²) in [6.07, 6.45) is 2.19. The van der Waals surface area contributed by atoms with Gasteiger partial charge in [0.25, 0.3) is 5.91 Å². The number of aromatic nitrogens is 3. The molecule has 1 aromatic carbocycles. The Morgan fingerprint density at radius 2 is 2.05 bits per heavy atom. The molecule has 0 aliphatic heterocycles. The third kappa shape index (κ3) is 4.94. The molecule has 22 heavy (non-hydrogen) atoms. The van der Waals surface area contributed by atoms with Crippen molar-refractivity contribution in [2.24, 2.45) is 0 Å². The van der Waals surface area contributed by atoms with E-state index in [4.69, 9.17) is 9.47 Å². The van der Waals surface area contributed by atoms with E-state index < -0.39 is 0 Å². The minimum atomic E-state index is -0.237. The van der Waals surface area contributed by atoms with Gasteiger partial charge in [-0.15, -0.1) is 5.10 Å². The van der Waals surface area contributed by atoms with Crippen molar-refractivity contribution in [1.82, 2.24) is 20.3 Å². The van der Waals surface area contributed by atoms with E-state index in [2.05, 4.69) is 15.5 Å². The average Bonchev–Trinajstić information content (AvgIpc) is 3.05. The minimum Gasteiger partial charge on any atom is -0.382 e. The fourth-order valence-corrected chi connectivity index (χ4v) is 1.76. The van der Waals surface area contributed by atoms with Gasteiger partial charge in [-0.2, -0.15) is 9.90 Å². The number of para-hydroxylation sites is 1. The zero-order valence-corrected chi connectivity index (χ0v) is 12.6. The van der Waals surface area contributed by atoms with Gasteiger partial charge < -0.3 is 14.8 Å². The Balaban J connectivity index is 1.73. The molecule has 0 aliphatic rings. The molecule has 0 saturated carbocycles. The van der Waals surface area contributed by atoms with Gasteiger partial charge >= 0.3 is 0 Å². The molecule has 0 radical (unpaired) electrons. The molecule has 0 spiro atoms. The van der Waals surface area contributed by atoms with Crippen molar-refractivity contribution in [2.45, 2.75) is 6.42 Å². The van der Waals surface area contributed by atoms with Crippen molar-refractivity contribution >= 4 is 5.91 Å². The van der Waals surface area contributed by atoms with Crippen LogP contribution in [0.4, 0.5) is 0 Å². The first-order valence-electron chi connectivity index (χ1n) is 7.14. The Hall–Kier alpha value is -2.25. The van der Waals surface area contributed by atoms with Crippen molar-refractivity contribution in [3.63, 3.8) is 0 Å².